The molecule has 8 heteroatoms. The molecule has 5 rings (SSSR count). The number of pyridine rings is 2. The molecule has 2 N–H and O–H groups in total. The minimum atomic E-state index is -0.386. The molecular formula is C21H23N4O3P. The third-order valence-corrected chi connectivity index (χ3v) is 5.81. The van der Waals surface area contributed by atoms with Crippen LogP contribution in [-0.2, 0) is 11.3 Å². The van der Waals surface area contributed by atoms with Gasteiger partial charge in [-0.2, -0.15) is 0 Å². The summed E-state index contributed by atoms with van der Waals surface area (Å²) in [4.78, 5) is 33.3. The summed E-state index contributed by atoms with van der Waals surface area (Å²) in [5, 5.41) is 2.71. The van der Waals surface area contributed by atoms with Crippen LogP contribution in [0.2, 0.25) is 0 Å². The van der Waals surface area contributed by atoms with E-state index in [1.165, 1.54) is 12.8 Å². The van der Waals surface area contributed by atoms with Gasteiger partial charge in [-0.05, 0) is 31.2 Å². The highest BCUT2D eigenvalue weighted by atomic mass is 31.1. The lowest BCUT2D eigenvalue weighted by Gasteiger charge is -2.10. The Morgan fingerprint density at radius 1 is 1.31 bits per heavy atom. The first-order valence-corrected chi connectivity index (χ1v) is 10.5. The van der Waals surface area contributed by atoms with Gasteiger partial charge in [0.05, 0.1) is 35.6 Å². The summed E-state index contributed by atoms with van der Waals surface area (Å²) in [5.74, 6) is 0. The highest BCUT2D eigenvalue weighted by molar-refractivity contribution is 7.41. The van der Waals surface area contributed by atoms with Crippen LogP contribution in [0.3, 0.4) is 0 Å². The zero-order valence-corrected chi connectivity index (χ0v) is 17.1. The Labute approximate surface area is 169 Å². The molecule has 2 atom stereocenters. The van der Waals surface area contributed by atoms with Crippen LogP contribution in [0.15, 0.2) is 53.7 Å². The van der Waals surface area contributed by atoms with Crippen molar-refractivity contribution in [3.8, 4) is 0 Å². The van der Waals surface area contributed by atoms with Crippen molar-refractivity contribution in [1.82, 2.24) is 19.5 Å². The molecular weight excluding hydrogens is 387 g/mol. The first kappa shape index (κ1) is 19.7. The van der Waals surface area contributed by atoms with Gasteiger partial charge in [-0.25, -0.2) is 4.79 Å². The van der Waals surface area contributed by atoms with Crippen LogP contribution < -0.4 is 11.0 Å². The van der Waals surface area contributed by atoms with Crippen LogP contribution >= 0.6 is 8.81 Å². The van der Waals surface area contributed by atoms with Crippen LogP contribution in [0.1, 0.15) is 25.5 Å². The van der Waals surface area contributed by atoms with Gasteiger partial charge >= 0.3 is 5.69 Å². The van der Waals surface area contributed by atoms with Crippen molar-refractivity contribution in [1.29, 1.82) is 0 Å². The average Bonchev–Trinajstić information content (AvgIpc) is 3.35. The Kier molecular flexibility index (Phi) is 6.00. The van der Waals surface area contributed by atoms with Gasteiger partial charge in [0, 0.05) is 38.5 Å². The van der Waals surface area contributed by atoms with E-state index in [4.69, 9.17) is 4.74 Å². The number of fused-ring (bicyclic) bond motifs is 2. The minimum Gasteiger partial charge on any atom is -0.379 e. The number of hydrogen-bond acceptors (Lipinski definition) is 5. The summed E-state index contributed by atoms with van der Waals surface area (Å²) in [7, 11) is -0.386. The predicted octanol–water partition coefficient (Wildman–Crippen LogP) is 2.72. The highest BCUT2D eigenvalue weighted by Gasteiger charge is 2.13. The number of aromatic nitrogens is 4. The molecule has 0 aliphatic carbocycles. The molecule has 1 saturated heterocycles. The fraction of sp³-hybridized carbons (Fsp3) is 0.286. The maximum Gasteiger partial charge on any atom is 0.326 e. The zero-order chi connectivity index (χ0) is 20.2. The normalized spacial score (nSPS) is 16.6. The SMILES string of the molecule is CC1CCCO1.O=c1[nH]c2ccncc2n1Cc1ncc2ccccc2c1PO. The molecule has 4 heterocycles. The van der Waals surface area contributed by atoms with Gasteiger partial charge in [0.25, 0.3) is 0 Å². The van der Waals surface area contributed by atoms with Gasteiger partial charge < -0.3 is 14.6 Å². The molecule has 0 radical (unpaired) electrons. The van der Waals surface area contributed by atoms with Crippen LogP contribution in [0.4, 0.5) is 0 Å². The van der Waals surface area contributed by atoms with E-state index in [9.17, 15) is 9.69 Å². The van der Waals surface area contributed by atoms with Crippen LogP contribution in [-0.4, -0.2) is 37.1 Å². The van der Waals surface area contributed by atoms with Crippen molar-refractivity contribution < 1.29 is 9.63 Å². The number of hydrogen-bond donors (Lipinski definition) is 2. The van der Waals surface area contributed by atoms with Crippen molar-refractivity contribution in [2.75, 3.05) is 6.61 Å². The van der Waals surface area contributed by atoms with Gasteiger partial charge in [0.1, 0.15) is 0 Å². The molecule has 2 unspecified atom stereocenters. The van der Waals surface area contributed by atoms with E-state index in [0.29, 0.717) is 11.8 Å². The van der Waals surface area contributed by atoms with E-state index in [1.54, 1.807) is 29.2 Å². The molecule has 0 bridgehead atoms. The van der Waals surface area contributed by atoms with Crippen molar-refractivity contribution in [3.63, 3.8) is 0 Å². The van der Waals surface area contributed by atoms with Gasteiger partial charge in [-0.3, -0.25) is 14.5 Å². The number of aromatic amines is 1. The molecule has 0 saturated carbocycles. The van der Waals surface area contributed by atoms with Crippen molar-refractivity contribution in [3.05, 3.63) is 65.1 Å². The summed E-state index contributed by atoms with van der Waals surface area (Å²) in [6.45, 7) is 3.40. The first-order chi connectivity index (χ1) is 14.2. The van der Waals surface area contributed by atoms with E-state index in [0.717, 1.165) is 33.7 Å². The predicted molar refractivity (Wildman–Crippen MR) is 116 cm³/mol. The lowest BCUT2D eigenvalue weighted by Crippen LogP contribution is -2.21. The fourth-order valence-electron chi connectivity index (χ4n) is 3.49. The molecule has 1 aromatic carbocycles. The average molecular weight is 410 g/mol. The summed E-state index contributed by atoms with van der Waals surface area (Å²) in [6, 6.07) is 9.53. The summed E-state index contributed by atoms with van der Waals surface area (Å²) in [6.07, 6.45) is 8.13. The summed E-state index contributed by atoms with van der Waals surface area (Å²) >= 11 is 0. The van der Waals surface area contributed by atoms with Gasteiger partial charge in [-0.15, -0.1) is 0 Å². The molecule has 4 aromatic rings. The Balaban J connectivity index is 0.000000294. The van der Waals surface area contributed by atoms with Crippen LogP contribution in [0.25, 0.3) is 21.8 Å². The van der Waals surface area contributed by atoms with Crippen molar-refractivity contribution in [2.45, 2.75) is 32.4 Å². The third-order valence-electron chi connectivity index (χ3n) is 5.03. The van der Waals surface area contributed by atoms with Gasteiger partial charge in [0.2, 0.25) is 0 Å². The number of rotatable bonds is 3. The van der Waals surface area contributed by atoms with Gasteiger partial charge in [-0.1, -0.05) is 24.3 Å². The van der Waals surface area contributed by atoms with E-state index >= 15 is 0 Å². The second-order valence-corrected chi connectivity index (χ2v) is 7.74. The molecule has 1 aliphatic rings. The molecule has 0 amide bonds. The monoisotopic (exact) mass is 410 g/mol. The lowest BCUT2D eigenvalue weighted by atomic mass is 10.1. The maximum atomic E-state index is 12.2. The number of nitrogens with zero attached hydrogens (tertiary/aromatic N) is 3. The zero-order valence-electron chi connectivity index (χ0n) is 16.1. The highest BCUT2D eigenvalue weighted by Crippen LogP contribution is 2.20. The standard InChI is InChI=1S/C16H13N4O2P.C5H10O/c21-16-19-12-5-6-17-8-14(12)20(16)9-13-15(23-22)11-4-2-1-3-10(11)7-18-13;1-5-3-2-4-6-5/h1-8,22-23H,9H2,(H,19,21);5H,2-4H2,1H3. The Morgan fingerprint density at radius 2 is 2.17 bits per heavy atom. The topological polar surface area (TPSA) is 93.0 Å². The Morgan fingerprint density at radius 3 is 2.90 bits per heavy atom. The number of nitrogens with one attached hydrogen (secondary N) is 1. The van der Waals surface area contributed by atoms with Gasteiger partial charge in [0.15, 0.2) is 0 Å². The molecule has 0 spiro atoms. The first-order valence-electron chi connectivity index (χ1n) is 9.58. The number of benzene rings is 1. The minimum absolute atomic E-state index is 0.213. The maximum absolute atomic E-state index is 12.2. The molecule has 1 aliphatic heterocycles. The number of imidazole rings is 1. The lowest BCUT2D eigenvalue weighted by molar-refractivity contribution is 0.125. The second-order valence-electron chi connectivity index (χ2n) is 7.01. The van der Waals surface area contributed by atoms with E-state index < -0.39 is 0 Å². The number of H-pyrrole nitrogens is 1. The fourth-order valence-corrected chi connectivity index (χ4v) is 4.11. The number of ether oxygens (including phenoxy) is 1. The molecule has 7 nitrogen and oxygen atoms in total. The van der Waals surface area contributed by atoms with Crippen molar-refractivity contribution in [2.24, 2.45) is 0 Å². The van der Waals surface area contributed by atoms with E-state index in [1.807, 2.05) is 24.3 Å². The quantitative estimate of drug-likeness (QED) is 0.507. The molecule has 150 valence electrons. The smallest absolute Gasteiger partial charge is 0.326 e. The third kappa shape index (κ3) is 4.22. The van der Waals surface area contributed by atoms with Crippen LogP contribution in [0, 0.1) is 0 Å². The van der Waals surface area contributed by atoms with E-state index in [2.05, 4.69) is 21.9 Å². The summed E-state index contributed by atoms with van der Waals surface area (Å²) in [5.41, 5.74) is 1.94. The molecule has 3 aromatic heterocycles. The van der Waals surface area contributed by atoms with Crippen LogP contribution in [0.5, 0.6) is 0 Å². The summed E-state index contributed by atoms with van der Waals surface area (Å²) < 4.78 is 6.74. The molecule has 1 fully saturated rings. The Bertz CT molecular complexity index is 1180. The largest absolute Gasteiger partial charge is 0.379 e. The Hall–Kier alpha value is -2.60. The van der Waals surface area contributed by atoms with Crippen molar-refractivity contribution >= 4 is 35.9 Å². The molecule has 29 heavy (non-hydrogen) atoms. The second kappa shape index (κ2) is 8.82. The van der Waals surface area contributed by atoms with E-state index in [-0.39, 0.29) is 21.0 Å².